The monoisotopic (exact) mass is 285 g/mol. The maximum Gasteiger partial charge on any atom is 0.354 e. The fourth-order valence-corrected chi connectivity index (χ4v) is 2.62. The summed E-state index contributed by atoms with van der Waals surface area (Å²) in [5.74, 6) is -1.05. The number of carboxylic acids is 1. The van der Waals surface area contributed by atoms with Gasteiger partial charge in [0.2, 0.25) is 0 Å². The van der Waals surface area contributed by atoms with Crippen LogP contribution in [0.3, 0.4) is 0 Å². The summed E-state index contributed by atoms with van der Waals surface area (Å²) in [4.78, 5) is 19.6. The van der Waals surface area contributed by atoms with E-state index in [9.17, 15) is 4.79 Å². The average Bonchev–Trinajstić information content (AvgIpc) is 2.84. The first-order valence-electron chi connectivity index (χ1n) is 5.96. The highest BCUT2D eigenvalue weighted by Crippen LogP contribution is 2.27. The molecule has 0 aliphatic heterocycles. The van der Waals surface area contributed by atoms with E-state index >= 15 is 0 Å². The van der Waals surface area contributed by atoms with Crippen molar-refractivity contribution >= 4 is 39.0 Å². The minimum atomic E-state index is -1.05. The van der Waals surface area contributed by atoms with Gasteiger partial charge in [-0.25, -0.2) is 14.8 Å². The maximum absolute atomic E-state index is 11.2. The van der Waals surface area contributed by atoms with Crippen LogP contribution >= 0.6 is 11.3 Å². The Labute approximate surface area is 118 Å². The first-order chi connectivity index (χ1) is 9.63. The number of hydrogen-bond donors (Lipinski definition) is 2. The van der Waals surface area contributed by atoms with Gasteiger partial charge < -0.3 is 10.4 Å². The first-order valence-corrected chi connectivity index (χ1v) is 6.84. The maximum atomic E-state index is 11.2. The lowest BCUT2D eigenvalue weighted by Gasteiger charge is -2.08. The van der Waals surface area contributed by atoms with Crippen molar-refractivity contribution < 1.29 is 9.90 Å². The molecule has 3 aromatic rings. The summed E-state index contributed by atoms with van der Waals surface area (Å²) < 4.78 is 0. The third kappa shape index (κ3) is 2.33. The fourth-order valence-electron chi connectivity index (χ4n) is 1.91. The van der Waals surface area contributed by atoms with Crippen molar-refractivity contribution in [3.05, 3.63) is 47.1 Å². The molecule has 2 N–H and O–H groups in total. The number of fused-ring (bicyclic) bond motifs is 1. The van der Waals surface area contributed by atoms with Gasteiger partial charge in [-0.15, -0.1) is 11.3 Å². The molecule has 0 unspecified atom stereocenters. The Kier molecular flexibility index (Phi) is 3.08. The van der Waals surface area contributed by atoms with Gasteiger partial charge in [0.25, 0.3) is 0 Å². The molecule has 3 rings (SSSR count). The molecule has 0 aliphatic rings. The number of carboxylic acid groups (broad SMARTS) is 1. The second kappa shape index (κ2) is 4.90. The van der Waals surface area contributed by atoms with Crippen LogP contribution in [0.4, 0.5) is 10.8 Å². The fraction of sp³-hybridized carbons (Fsp3) is 0.0714. The van der Waals surface area contributed by atoms with E-state index in [1.165, 1.54) is 17.4 Å². The molecule has 0 radical (unpaired) electrons. The lowest BCUT2D eigenvalue weighted by Crippen LogP contribution is -2.02. The van der Waals surface area contributed by atoms with Gasteiger partial charge >= 0.3 is 5.97 Å². The highest BCUT2D eigenvalue weighted by molar-refractivity contribution is 7.13. The van der Waals surface area contributed by atoms with E-state index in [1.807, 2.05) is 30.5 Å². The van der Waals surface area contributed by atoms with Gasteiger partial charge in [-0.05, 0) is 19.1 Å². The van der Waals surface area contributed by atoms with E-state index in [4.69, 9.17) is 5.11 Å². The summed E-state index contributed by atoms with van der Waals surface area (Å²) in [6.45, 7) is 1.91. The largest absolute Gasteiger partial charge is 0.477 e. The molecule has 5 nitrogen and oxygen atoms in total. The van der Waals surface area contributed by atoms with Crippen molar-refractivity contribution in [2.24, 2.45) is 0 Å². The Morgan fingerprint density at radius 1 is 1.30 bits per heavy atom. The molecule has 0 spiro atoms. The van der Waals surface area contributed by atoms with Gasteiger partial charge in [-0.2, -0.15) is 0 Å². The van der Waals surface area contributed by atoms with Crippen LogP contribution in [0, 0.1) is 6.92 Å². The van der Waals surface area contributed by atoms with E-state index in [0.717, 1.165) is 16.2 Å². The number of aryl methyl sites for hydroxylation is 1. The molecule has 0 saturated heterocycles. The number of anilines is 2. The molecule has 20 heavy (non-hydrogen) atoms. The van der Waals surface area contributed by atoms with Gasteiger partial charge in [-0.1, -0.05) is 18.2 Å². The van der Waals surface area contributed by atoms with E-state index in [2.05, 4.69) is 15.3 Å². The number of hydrogen-bond acceptors (Lipinski definition) is 5. The summed E-state index contributed by atoms with van der Waals surface area (Å²) in [7, 11) is 0. The number of aromatic nitrogens is 2. The molecule has 2 aromatic heterocycles. The van der Waals surface area contributed by atoms with Crippen molar-refractivity contribution in [3.8, 4) is 0 Å². The average molecular weight is 285 g/mol. The van der Waals surface area contributed by atoms with Crippen LogP contribution < -0.4 is 5.32 Å². The lowest BCUT2D eigenvalue weighted by atomic mass is 10.1. The number of rotatable bonds is 3. The molecule has 2 heterocycles. The molecule has 6 heteroatoms. The highest BCUT2D eigenvalue weighted by Gasteiger charge is 2.11. The van der Waals surface area contributed by atoms with Gasteiger partial charge in [-0.3, -0.25) is 0 Å². The van der Waals surface area contributed by atoms with Gasteiger partial charge in [0.05, 0.1) is 16.9 Å². The first kappa shape index (κ1) is 12.6. The predicted octanol–water partition coefficient (Wildman–Crippen LogP) is 3.44. The Morgan fingerprint density at radius 2 is 2.10 bits per heavy atom. The van der Waals surface area contributed by atoms with E-state index in [1.54, 1.807) is 6.07 Å². The topological polar surface area (TPSA) is 75.1 Å². The molecular weight excluding hydrogens is 274 g/mol. The van der Waals surface area contributed by atoms with E-state index in [-0.39, 0.29) is 5.69 Å². The SMILES string of the molecule is Cc1csc(Nc2cc(C(=O)O)nc3ccccc23)n1. The summed E-state index contributed by atoms with van der Waals surface area (Å²) in [6.07, 6.45) is 0. The van der Waals surface area contributed by atoms with Crippen molar-refractivity contribution in [2.45, 2.75) is 6.92 Å². The zero-order valence-electron chi connectivity index (χ0n) is 10.6. The second-order valence-corrected chi connectivity index (χ2v) is 5.15. The molecule has 0 fully saturated rings. The van der Waals surface area contributed by atoms with Crippen LogP contribution in [-0.2, 0) is 0 Å². The minimum absolute atomic E-state index is 0.0134. The van der Waals surface area contributed by atoms with Crippen molar-refractivity contribution in [1.82, 2.24) is 9.97 Å². The predicted molar refractivity (Wildman–Crippen MR) is 78.8 cm³/mol. The van der Waals surface area contributed by atoms with Crippen molar-refractivity contribution in [1.29, 1.82) is 0 Å². The number of nitrogens with zero attached hydrogens (tertiary/aromatic N) is 2. The zero-order chi connectivity index (χ0) is 14.1. The van der Waals surface area contributed by atoms with Crippen LogP contribution in [0.15, 0.2) is 35.7 Å². The number of pyridine rings is 1. The number of aromatic carboxylic acids is 1. The van der Waals surface area contributed by atoms with Crippen molar-refractivity contribution in [3.63, 3.8) is 0 Å². The number of carbonyl (C=O) groups is 1. The van der Waals surface area contributed by atoms with Crippen LogP contribution in [0.25, 0.3) is 10.9 Å². The quantitative estimate of drug-likeness (QED) is 0.771. The van der Waals surface area contributed by atoms with Crippen molar-refractivity contribution in [2.75, 3.05) is 5.32 Å². The van der Waals surface area contributed by atoms with E-state index in [0.29, 0.717) is 11.2 Å². The molecule has 0 aliphatic carbocycles. The second-order valence-electron chi connectivity index (χ2n) is 4.30. The third-order valence-corrected chi connectivity index (χ3v) is 3.67. The molecule has 100 valence electrons. The number of benzene rings is 1. The minimum Gasteiger partial charge on any atom is -0.477 e. The Morgan fingerprint density at radius 3 is 2.80 bits per heavy atom. The normalized spacial score (nSPS) is 10.7. The Hall–Kier alpha value is -2.47. The van der Waals surface area contributed by atoms with Gasteiger partial charge in [0, 0.05) is 10.8 Å². The number of para-hydroxylation sites is 1. The summed E-state index contributed by atoms with van der Waals surface area (Å²) >= 11 is 1.48. The zero-order valence-corrected chi connectivity index (χ0v) is 11.4. The molecule has 0 atom stereocenters. The van der Waals surface area contributed by atoms with Gasteiger partial charge in [0.15, 0.2) is 10.8 Å². The van der Waals surface area contributed by atoms with Crippen LogP contribution in [0.5, 0.6) is 0 Å². The smallest absolute Gasteiger partial charge is 0.354 e. The Bertz CT molecular complexity index is 798. The Balaban J connectivity index is 2.14. The number of thiazole rings is 1. The summed E-state index contributed by atoms with van der Waals surface area (Å²) in [6, 6.07) is 8.94. The highest BCUT2D eigenvalue weighted by atomic mass is 32.1. The summed E-state index contributed by atoms with van der Waals surface area (Å²) in [5, 5.41) is 15.8. The van der Waals surface area contributed by atoms with Crippen LogP contribution in [0.2, 0.25) is 0 Å². The van der Waals surface area contributed by atoms with Crippen LogP contribution in [-0.4, -0.2) is 21.0 Å². The molecular formula is C14H11N3O2S. The molecule has 0 saturated carbocycles. The van der Waals surface area contributed by atoms with E-state index < -0.39 is 5.97 Å². The standard InChI is InChI=1S/C14H11N3O2S/c1-8-7-20-14(15-8)17-11-6-12(13(18)19)16-10-5-3-2-4-9(10)11/h2-7H,1H3,(H,18,19)(H,15,16,17). The number of nitrogens with one attached hydrogen (secondary N) is 1. The third-order valence-electron chi connectivity index (χ3n) is 2.80. The van der Waals surface area contributed by atoms with Gasteiger partial charge in [0.1, 0.15) is 0 Å². The molecule has 1 aromatic carbocycles. The summed E-state index contributed by atoms with van der Waals surface area (Å²) in [5.41, 5.74) is 2.28. The lowest BCUT2D eigenvalue weighted by molar-refractivity contribution is 0.0691. The molecule has 0 bridgehead atoms. The van der Waals surface area contributed by atoms with Crippen LogP contribution in [0.1, 0.15) is 16.2 Å². The molecule has 0 amide bonds.